The van der Waals surface area contributed by atoms with Gasteiger partial charge >= 0.3 is 0 Å². The van der Waals surface area contributed by atoms with Crippen molar-refractivity contribution in [2.24, 2.45) is 0 Å². The second-order valence-corrected chi connectivity index (χ2v) is 6.03. The van der Waals surface area contributed by atoms with E-state index in [-0.39, 0.29) is 0 Å². The molecular weight excluding hydrogens is 302 g/mol. The van der Waals surface area contributed by atoms with Crippen LogP contribution in [0.2, 0.25) is 5.02 Å². The lowest BCUT2D eigenvalue weighted by molar-refractivity contribution is 0.413. The fourth-order valence-corrected chi connectivity index (χ4v) is 3.31. The molecule has 0 aliphatic carbocycles. The smallest absolute Gasteiger partial charge is 0.119 e. The van der Waals surface area contributed by atoms with Gasteiger partial charge in [-0.3, -0.25) is 4.98 Å². The number of benzene rings is 2. The van der Waals surface area contributed by atoms with E-state index in [1.807, 2.05) is 42.5 Å². The van der Waals surface area contributed by atoms with Crippen LogP contribution in [0.4, 0.5) is 0 Å². The number of halogens is 1. The lowest BCUT2D eigenvalue weighted by Gasteiger charge is -2.08. The Balaban J connectivity index is 1.87. The molecule has 4 heteroatoms. The third kappa shape index (κ3) is 3.14. The molecule has 3 rings (SSSR count). The Hall–Kier alpha value is -1.71. The molecule has 3 aromatic rings. The first kappa shape index (κ1) is 14.2. The van der Waals surface area contributed by atoms with E-state index in [1.165, 1.54) is 10.5 Å². The number of methoxy groups -OCH3 is 1. The molecule has 0 unspecified atom stereocenters. The summed E-state index contributed by atoms with van der Waals surface area (Å²) in [4.78, 5) is 5.64. The van der Waals surface area contributed by atoms with Crippen LogP contribution in [-0.4, -0.2) is 12.1 Å². The maximum absolute atomic E-state index is 6.22. The maximum Gasteiger partial charge on any atom is 0.119 e. The van der Waals surface area contributed by atoms with E-state index in [0.717, 1.165) is 27.4 Å². The highest BCUT2D eigenvalue weighted by atomic mass is 35.5. The van der Waals surface area contributed by atoms with E-state index in [0.29, 0.717) is 0 Å². The van der Waals surface area contributed by atoms with E-state index in [1.54, 1.807) is 25.1 Å². The Kier molecular flexibility index (Phi) is 4.32. The van der Waals surface area contributed by atoms with Crippen LogP contribution < -0.4 is 4.74 Å². The first-order valence-electron chi connectivity index (χ1n) is 6.57. The van der Waals surface area contributed by atoms with Gasteiger partial charge in [-0.2, -0.15) is 0 Å². The number of aromatic nitrogens is 1. The van der Waals surface area contributed by atoms with Gasteiger partial charge in [0.2, 0.25) is 0 Å². The summed E-state index contributed by atoms with van der Waals surface area (Å²) in [5.41, 5.74) is 2.16. The SMILES string of the molecule is COc1cccc(SCc2ccc(Cl)c3cccnc23)c1. The molecule has 1 heterocycles. The molecule has 1 aromatic heterocycles. The molecule has 2 aromatic carbocycles. The summed E-state index contributed by atoms with van der Waals surface area (Å²) < 4.78 is 5.25. The van der Waals surface area contributed by atoms with E-state index >= 15 is 0 Å². The molecule has 0 amide bonds. The van der Waals surface area contributed by atoms with Gasteiger partial charge in [0.05, 0.1) is 12.6 Å². The molecule has 21 heavy (non-hydrogen) atoms. The van der Waals surface area contributed by atoms with Gasteiger partial charge in [-0.25, -0.2) is 0 Å². The minimum Gasteiger partial charge on any atom is -0.497 e. The van der Waals surface area contributed by atoms with Crippen LogP contribution in [0.3, 0.4) is 0 Å². The lowest BCUT2D eigenvalue weighted by Crippen LogP contribution is -1.88. The van der Waals surface area contributed by atoms with Crippen molar-refractivity contribution in [2.75, 3.05) is 7.11 Å². The van der Waals surface area contributed by atoms with Crippen molar-refractivity contribution in [3.05, 3.63) is 65.3 Å². The normalized spacial score (nSPS) is 10.8. The summed E-state index contributed by atoms with van der Waals surface area (Å²) in [5, 5.41) is 1.75. The zero-order chi connectivity index (χ0) is 14.7. The van der Waals surface area contributed by atoms with Crippen molar-refractivity contribution >= 4 is 34.3 Å². The summed E-state index contributed by atoms with van der Waals surface area (Å²) in [6.07, 6.45) is 1.80. The molecular formula is C17H14ClNOS. The molecule has 0 saturated heterocycles. The van der Waals surface area contributed by atoms with E-state index < -0.39 is 0 Å². The highest BCUT2D eigenvalue weighted by molar-refractivity contribution is 7.98. The molecule has 0 atom stereocenters. The number of hydrogen-bond donors (Lipinski definition) is 0. The first-order chi connectivity index (χ1) is 10.3. The molecule has 0 spiro atoms. The van der Waals surface area contributed by atoms with Crippen LogP contribution in [0, 0.1) is 0 Å². The van der Waals surface area contributed by atoms with Gasteiger partial charge in [-0.1, -0.05) is 23.7 Å². The largest absolute Gasteiger partial charge is 0.497 e. The Morgan fingerprint density at radius 3 is 2.90 bits per heavy atom. The van der Waals surface area contributed by atoms with Gasteiger partial charge in [0.1, 0.15) is 5.75 Å². The zero-order valence-electron chi connectivity index (χ0n) is 11.5. The van der Waals surface area contributed by atoms with Gasteiger partial charge in [-0.05, 0) is 42.0 Å². The second-order valence-electron chi connectivity index (χ2n) is 4.57. The standard InChI is InChI=1S/C17H14ClNOS/c1-20-13-4-2-5-14(10-13)21-11-12-7-8-16(18)15-6-3-9-19-17(12)15/h2-10H,11H2,1H3. The number of pyridine rings is 1. The molecule has 0 aliphatic rings. The van der Waals surface area contributed by atoms with Crippen LogP contribution >= 0.6 is 23.4 Å². The number of thioether (sulfide) groups is 1. The summed E-state index contributed by atoms with van der Waals surface area (Å²) in [6.45, 7) is 0. The predicted molar refractivity (Wildman–Crippen MR) is 89.3 cm³/mol. The minimum atomic E-state index is 0.744. The average molecular weight is 316 g/mol. The maximum atomic E-state index is 6.22. The van der Waals surface area contributed by atoms with Crippen molar-refractivity contribution in [3.8, 4) is 5.75 Å². The van der Waals surface area contributed by atoms with E-state index in [4.69, 9.17) is 16.3 Å². The molecule has 0 radical (unpaired) electrons. The van der Waals surface area contributed by atoms with Gasteiger partial charge in [0.15, 0.2) is 0 Å². The zero-order valence-corrected chi connectivity index (χ0v) is 13.1. The van der Waals surface area contributed by atoms with Crippen LogP contribution in [0.15, 0.2) is 59.6 Å². The monoisotopic (exact) mass is 315 g/mol. The van der Waals surface area contributed by atoms with Gasteiger partial charge in [-0.15, -0.1) is 11.8 Å². The molecule has 0 N–H and O–H groups in total. The average Bonchev–Trinajstić information content (AvgIpc) is 2.55. The van der Waals surface area contributed by atoms with E-state index in [2.05, 4.69) is 11.1 Å². The Labute approximate surface area is 133 Å². The molecule has 106 valence electrons. The summed E-state index contributed by atoms with van der Waals surface area (Å²) >= 11 is 7.98. The van der Waals surface area contributed by atoms with Crippen molar-refractivity contribution in [1.82, 2.24) is 4.98 Å². The third-order valence-corrected chi connectivity index (χ3v) is 4.61. The highest BCUT2D eigenvalue weighted by Crippen LogP contribution is 2.30. The Bertz CT molecular complexity index is 776. The van der Waals surface area contributed by atoms with Crippen molar-refractivity contribution in [3.63, 3.8) is 0 Å². The Morgan fingerprint density at radius 2 is 2.05 bits per heavy atom. The number of rotatable bonds is 4. The summed E-state index contributed by atoms with van der Waals surface area (Å²) in [5.74, 6) is 1.72. The number of hydrogen-bond acceptors (Lipinski definition) is 3. The van der Waals surface area contributed by atoms with E-state index in [9.17, 15) is 0 Å². The Morgan fingerprint density at radius 1 is 1.14 bits per heavy atom. The minimum absolute atomic E-state index is 0.744. The first-order valence-corrected chi connectivity index (χ1v) is 7.93. The molecule has 2 nitrogen and oxygen atoms in total. The van der Waals surface area contributed by atoms with Crippen LogP contribution in [0.1, 0.15) is 5.56 Å². The van der Waals surface area contributed by atoms with Crippen molar-refractivity contribution < 1.29 is 4.74 Å². The fourth-order valence-electron chi connectivity index (χ4n) is 2.16. The number of ether oxygens (including phenoxy) is 1. The van der Waals surface area contributed by atoms with Crippen molar-refractivity contribution in [1.29, 1.82) is 0 Å². The van der Waals surface area contributed by atoms with Gasteiger partial charge < -0.3 is 4.74 Å². The fraction of sp³-hybridized carbons (Fsp3) is 0.118. The van der Waals surface area contributed by atoms with Crippen LogP contribution in [-0.2, 0) is 5.75 Å². The van der Waals surface area contributed by atoms with Gasteiger partial charge in [0, 0.05) is 27.3 Å². The summed E-state index contributed by atoms with van der Waals surface area (Å²) in [6, 6.07) is 16.0. The van der Waals surface area contributed by atoms with Crippen LogP contribution in [0.25, 0.3) is 10.9 Å². The topological polar surface area (TPSA) is 22.1 Å². The molecule has 0 aliphatic heterocycles. The second kappa shape index (κ2) is 6.37. The quantitative estimate of drug-likeness (QED) is 0.619. The van der Waals surface area contributed by atoms with Crippen molar-refractivity contribution in [2.45, 2.75) is 10.6 Å². The molecule has 0 bridgehead atoms. The third-order valence-electron chi connectivity index (χ3n) is 3.24. The van der Waals surface area contributed by atoms with Gasteiger partial charge in [0.25, 0.3) is 0 Å². The number of fused-ring (bicyclic) bond motifs is 1. The number of nitrogens with zero attached hydrogens (tertiary/aromatic N) is 1. The highest BCUT2D eigenvalue weighted by Gasteiger charge is 2.06. The molecule has 0 saturated carbocycles. The lowest BCUT2D eigenvalue weighted by atomic mass is 10.1. The molecule has 0 fully saturated rings. The van der Waals surface area contributed by atoms with Crippen LogP contribution in [0.5, 0.6) is 5.75 Å². The predicted octanol–water partition coefficient (Wildman–Crippen LogP) is 5.19. The summed E-state index contributed by atoms with van der Waals surface area (Å²) in [7, 11) is 1.68.